The number of para-hydroxylation sites is 1. The number of aryl methyl sites for hydroxylation is 1. The monoisotopic (exact) mass is 306 g/mol. The van der Waals surface area contributed by atoms with E-state index in [1.807, 2.05) is 55.5 Å². The van der Waals surface area contributed by atoms with Gasteiger partial charge in [-0.05, 0) is 42.8 Å². The maximum atomic E-state index is 12.5. The number of furan rings is 1. The summed E-state index contributed by atoms with van der Waals surface area (Å²) in [5, 5.41) is 0. The fourth-order valence-electron chi connectivity index (χ4n) is 2.34. The van der Waals surface area contributed by atoms with Crippen LogP contribution in [0.25, 0.3) is 11.3 Å². The molecule has 2 N–H and O–H groups in total. The van der Waals surface area contributed by atoms with E-state index in [2.05, 4.69) is 0 Å². The average molecular weight is 306 g/mol. The number of rotatable bonds is 3. The standard InChI is InChI=1S/C19H18N2O2/c1-13-8-9-14(12-16(13)20)17-10-11-18(23-17)19(22)21(2)15-6-4-3-5-7-15/h3-12H,20H2,1-2H3. The van der Waals surface area contributed by atoms with E-state index in [1.54, 1.807) is 24.1 Å². The first-order valence-electron chi connectivity index (χ1n) is 7.35. The smallest absolute Gasteiger partial charge is 0.293 e. The van der Waals surface area contributed by atoms with Crippen LogP contribution >= 0.6 is 0 Å². The van der Waals surface area contributed by atoms with Crippen LogP contribution < -0.4 is 10.6 Å². The van der Waals surface area contributed by atoms with Gasteiger partial charge in [0.15, 0.2) is 5.76 Å². The minimum atomic E-state index is -0.192. The molecule has 0 radical (unpaired) electrons. The van der Waals surface area contributed by atoms with Crippen molar-refractivity contribution in [1.82, 2.24) is 0 Å². The van der Waals surface area contributed by atoms with Crippen LogP contribution in [0.2, 0.25) is 0 Å². The van der Waals surface area contributed by atoms with Crippen LogP contribution in [-0.2, 0) is 0 Å². The van der Waals surface area contributed by atoms with Gasteiger partial charge in [-0.1, -0.05) is 30.3 Å². The van der Waals surface area contributed by atoms with Crippen LogP contribution in [0.15, 0.2) is 65.1 Å². The van der Waals surface area contributed by atoms with E-state index in [1.165, 1.54) is 0 Å². The predicted octanol–water partition coefficient (Wildman–Crippen LogP) is 4.11. The molecular weight excluding hydrogens is 288 g/mol. The van der Waals surface area contributed by atoms with E-state index < -0.39 is 0 Å². The van der Waals surface area contributed by atoms with Crippen molar-refractivity contribution >= 4 is 17.3 Å². The highest BCUT2D eigenvalue weighted by Gasteiger charge is 2.18. The topological polar surface area (TPSA) is 59.5 Å². The number of hydrogen-bond acceptors (Lipinski definition) is 3. The van der Waals surface area contributed by atoms with Gasteiger partial charge < -0.3 is 15.1 Å². The molecular formula is C19H18N2O2. The van der Waals surface area contributed by atoms with Crippen molar-refractivity contribution in [1.29, 1.82) is 0 Å². The first-order valence-corrected chi connectivity index (χ1v) is 7.35. The molecule has 116 valence electrons. The van der Waals surface area contributed by atoms with Gasteiger partial charge >= 0.3 is 0 Å². The van der Waals surface area contributed by atoms with Gasteiger partial charge in [0, 0.05) is 24.0 Å². The quantitative estimate of drug-likeness (QED) is 0.741. The maximum Gasteiger partial charge on any atom is 0.293 e. The Bertz CT molecular complexity index is 838. The van der Waals surface area contributed by atoms with E-state index in [4.69, 9.17) is 10.2 Å². The Kier molecular flexibility index (Phi) is 3.89. The fourth-order valence-corrected chi connectivity index (χ4v) is 2.34. The second-order valence-electron chi connectivity index (χ2n) is 5.43. The van der Waals surface area contributed by atoms with Crippen molar-refractivity contribution in [2.45, 2.75) is 6.92 Å². The third-order valence-corrected chi connectivity index (χ3v) is 3.83. The van der Waals surface area contributed by atoms with Crippen LogP contribution in [0.5, 0.6) is 0 Å². The van der Waals surface area contributed by atoms with Crippen molar-refractivity contribution < 1.29 is 9.21 Å². The Morgan fingerprint density at radius 2 is 1.78 bits per heavy atom. The molecule has 0 aliphatic carbocycles. The third kappa shape index (κ3) is 2.97. The number of carbonyl (C=O) groups is 1. The zero-order chi connectivity index (χ0) is 16.4. The molecule has 0 saturated carbocycles. The predicted molar refractivity (Wildman–Crippen MR) is 92.5 cm³/mol. The van der Waals surface area contributed by atoms with Crippen molar-refractivity contribution in [3.63, 3.8) is 0 Å². The highest BCUT2D eigenvalue weighted by molar-refractivity contribution is 6.04. The molecule has 0 aliphatic heterocycles. The van der Waals surface area contributed by atoms with Gasteiger partial charge in [0.2, 0.25) is 0 Å². The molecule has 0 aliphatic rings. The summed E-state index contributed by atoms with van der Waals surface area (Å²) in [7, 11) is 1.73. The first kappa shape index (κ1) is 14.9. The number of nitrogen functional groups attached to an aromatic ring is 1. The molecule has 4 heteroatoms. The Hall–Kier alpha value is -3.01. The summed E-state index contributed by atoms with van der Waals surface area (Å²) in [5.74, 6) is 0.731. The highest BCUT2D eigenvalue weighted by Crippen LogP contribution is 2.26. The summed E-state index contributed by atoms with van der Waals surface area (Å²) in [4.78, 5) is 14.1. The van der Waals surface area contributed by atoms with Crippen LogP contribution in [-0.4, -0.2) is 13.0 Å². The summed E-state index contributed by atoms with van der Waals surface area (Å²) in [6.07, 6.45) is 0. The van der Waals surface area contributed by atoms with Crippen molar-refractivity contribution in [2.75, 3.05) is 17.7 Å². The van der Waals surface area contributed by atoms with Crippen LogP contribution in [0.4, 0.5) is 11.4 Å². The lowest BCUT2D eigenvalue weighted by Crippen LogP contribution is -2.25. The van der Waals surface area contributed by atoms with Crippen LogP contribution in [0.3, 0.4) is 0 Å². The molecule has 1 aromatic heterocycles. The molecule has 3 aromatic rings. The lowest BCUT2D eigenvalue weighted by molar-refractivity contribution is 0.0967. The number of amides is 1. The molecule has 0 saturated heterocycles. The average Bonchev–Trinajstić information content (AvgIpc) is 3.07. The van der Waals surface area contributed by atoms with E-state index in [9.17, 15) is 4.79 Å². The minimum Gasteiger partial charge on any atom is -0.451 e. The largest absolute Gasteiger partial charge is 0.451 e. The van der Waals surface area contributed by atoms with Gasteiger partial charge in [0.05, 0.1) is 0 Å². The van der Waals surface area contributed by atoms with Gasteiger partial charge in [-0.3, -0.25) is 4.79 Å². The first-order chi connectivity index (χ1) is 11.1. The lowest BCUT2D eigenvalue weighted by atomic mass is 10.1. The second kappa shape index (κ2) is 6.01. The number of anilines is 2. The molecule has 1 heterocycles. The molecule has 2 aromatic carbocycles. The van der Waals surface area contributed by atoms with Gasteiger partial charge in [-0.15, -0.1) is 0 Å². The zero-order valence-electron chi connectivity index (χ0n) is 13.1. The summed E-state index contributed by atoms with van der Waals surface area (Å²) in [6, 6.07) is 18.6. The molecule has 0 fully saturated rings. The normalized spacial score (nSPS) is 10.5. The van der Waals surface area contributed by atoms with Crippen LogP contribution in [0, 0.1) is 6.92 Å². The van der Waals surface area contributed by atoms with Gasteiger partial charge in [-0.2, -0.15) is 0 Å². The van der Waals surface area contributed by atoms with Crippen molar-refractivity contribution in [2.24, 2.45) is 0 Å². The third-order valence-electron chi connectivity index (χ3n) is 3.83. The molecule has 0 bridgehead atoms. The summed E-state index contributed by atoms with van der Waals surface area (Å²) in [6.45, 7) is 1.95. The lowest BCUT2D eigenvalue weighted by Gasteiger charge is -2.15. The van der Waals surface area contributed by atoms with E-state index in [-0.39, 0.29) is 5.91 Å². The van der Waals surface area contributed by atoms with E-state index >= 15 is 0 Å². The SMILES string of the molecule is Cc1ccc(-c2ccc(C(=O)N(C)c3ccccc3)o2)cc1N. The minimum absolute atomic E-state index is 0.192. The zero-order valence-corrected chi connectivity index (χ0v) is 13.1. The number of carbonyl (C=O) groups excluding carboxylic acids is 1. The van der Waals surface area contributed by atoms with E-state index in [0.29, 0.717) is 17.2 Å². The molecule has 1 amide bonds. The van der Waals surface area contributed by atoms with Gasteiger partial charge in [0.25, 0.3) is 5.91 Å². The molecule has 0 unspecified atom stereocenters. The Labute approximate surface area is 135 Å². The molecule has 4 nitrogen and oxygen atoms in total. The summed E-state index contributed by atoms with van der Waals surface area (Å²) in [5.41, 5.74) is 9.32. The molecule has 0 spiro atoms. The summed E-state index contributed by atoms with van der Waals surface area (Å²) < 4.78 is 5.72. The molecule has 23 heavy (non-hydrogen) atoms. The van der Waals surface area contributed by atoms with Crippen molar-refractivity contribution in [3.05, 3.63) is 72.0 Å². The van der Waals surface area contributed by atoms with E-state index in [0.717, 1.165) is 16.8 Å². The second-order valence-corrected chi connectivity index (χ2v) is 5.43. The maximum absolute atomic E-state index is 12.5. The van der Waals surface area contributed by atoms with Gasteiger partial charge in [0.1, 0.15) is 5.76 Å². The van der Waals surface area contributed by atoms with Crippen LogP contribution in [0.1, 0.15) is 16.1 Å². The Balaban J connectivity index is 1.86. The number of hydrogen-bond donors (Lipinski definition) is 1. The number of benzene rings is 2. The molecule has 3 rings (SSSR count). The Morgan fingerprint density at radius 1 is 1.04 bits per heavy atom. The highest BCUT2D eigenvalue weighted by atomic mass is 16.4. The van der Waals surface area contributed by atoms with Crippen molar-refractivity contribution in [3.8, 4) is 11.3 Å². The molecule has 0 atom stereocenters. The number of nitrogens with zero attached hydrogens (tertiary/aromatic N) is 1. The van der Waals surface area contributed by atoms with Gasteiger partial charge in [-0.25, -0.2) is 0 Å². The number of nitrogens with two attached hydrogens (primary N) is 1. The fraction of sp³-hybridized carbons (Fsp3) is 0.105. The Morgan fingerprint density at radius 3 is 2.48 bits per heavy atom. The summed E-state index contributed by atoms with van der Waals surface area (Å²) >= 11 is 0.